The molecule has 15 heavy (non-hydrogen) atoms. The van der Waals surface area contributed by atoms with E-state index in [-0.39, 0.29) is 5.54 Å². The Morgan fingerprint density at radius 3 is 2.47 bits per heavy atom. The van der Waals surface area contributed by atoms with Gasteiger partial charge < -0.3 is 5.43 Å². The van der Waals surface area contributed by atoms with E-state index in [1.54, 1.807) is 11.3 Å². The fourth-order valence-electron chi connectivity index (χ4n) is 1.07. The second-order valence-corrected chi connectivity index (χ2v) is 5.60. The molecule has 0 aliphatic rings. The Balaban J connectivity index is 3.14. The number of amidine groups is 1. The Morgan fingerprint density at radius 1 is 1.53 bits per heavy atom. The molecule has 0 saturated heterocycles. The zero-order valence-corrected chi connectivity index (χ0v) is 11.0. The standard InChI is InChI=1S/C10H16ClN3S/c1-6-5-15-8(7(6)11)9(14-12)13-10(2,3)4/h5H,12H2,1-4H3,(H,13,14). The average Bonchev–Trinajstić information content (AvgIpc) is 2.43. The number of rotatable bonds is 1. The summed E-state index contributed by atoms with van der Waals surface area (Å²) in [5.41, 5.74) is 3.48. The smallest absolute Gasteiger partial charge is 0.154 e. The predicted molar refractivity (Wildman–Crippen MR) is 67.7 cm³/mol. The van der Waals surface area contributed by atoms with Crippen LogP contribution in [0.3, 0.4) is 0 Å². The third-order valence-electron chi connectivity index (χ3n) is 1.70. The van der Waals surface area contributed by atoms with Crippen molar-refractivity contribution in [3.05, 3.63) is 20.8 Å². The number of thiophene rings is 1. The lowest BCUT2D eigenvalue weighted by atomic mass is 10.1. The molecule has 0 amide bonds. The van der Waals surface area contributed by atoms with Crippen molar-refractivity contribution in [2.75, 3.05) is 0 Å². The molecule has 0 aromatic carbocycles. The Kier molecular flexibility index (Phi) is 3.76. The van der Waals surface area contributed by atoms with Crippen molar-refractivity contribution in [2.45, 2.75) is 33.2 Å². The van der Waals surface area contributed by atoms with E-state index in [1.807, 2.05) is 33.1 Å². The minimum Gasteiger partial charge on any atom is -0.308 e. The van der Waals surface area contributed by atoms with Crippen molar-refractivity contribution >= 4 is 28.8 Å². The Hall–Kier alpha value is -0.580. The molecule has 0 radical (unpaired) electrons. The molecule has 3 N–H and O–H groups in total. The van der Waals surface area contributed by atoms with Gasteiger partial charge in [0.25, 0.3) is 0 Å². The largest absolute Gasteiger partial charge is 0.308 e. The first kappa shape index (κ1) is 12.5. The van der Waals surface area contributed by atoms with Crippen LogP contribution in [0, 0.1) is 6.92 Å². The fourth-order valence-corrected chi connectivity index (χ4v) is 2.31. The Bertz CT molecular complexity index is 377. The van der Waals surface area contributed by atoms with E-state index in [9.17, 15) is 0 Å². The van der Waals surface area contributed by atoms with Gasteiger partial charge in [-0.25, -0.2) is 5.84 Å². The number of nitrogens with zero attached hydrogens (tertiary/aromatic N) is 1. The normalized spacial score (nSPS) is 13.1. The Labute approximate surface area is 99.3 Å². The fraction of sp³-hybridized carbons (Fsp3) is 0.500. The number of nitrogens with one attached hydrogen (secondary N) is 1. The summed E-state index contributed by atoms with van der Waals surface area (Å²) >= 11 is 7.69. The zero-order valence-electron chi connectivity index (χ0n) is 9.39. The number of hydrogen-bond acceptors (Lipinski definition) is 3. The van der Waals surface area contributed by atoms with Crippen LogP contribution in [0.25, 0.3) is 0 Å². The number of aryl methyl sites for hydroxylation is 1. The minimum absolute atomic E-state index is 0.178. The molecule has 1 heterocycles. The van der Waals surface area contributed by atoms with Gasteiger partial charge in [-0.2, -0.15) is 0 Å². The van der Waals surface area contributed by atoms with Gasteiger partial charge in [-0.15, -0.1) is 11.3 Å². The molecule has 1 rings (SSSR count). The van der Waals surface area contributed by atoms with Crippen LogP contribution in [-0.4, -0.2) is 11.4 Å². The van der Waals surface area contributed by atoms with Crippen molar-refractivity contribution < 1.29 is 0 Å². The second kappa shape index (κ2) is 4.51. The van der Waals surface area contributed by atoms with E-state index >= 15 is 0 Å². The molecule has 0 fully saturated rings. The third kappa shape index (κ3) is 3.19. The lowest BCUT2D eigenvalue weighted by Crippen LogP contribution is -2.33. The molecule has 5 heteroatoms. The molecule has 0 saturated carbocycles. The van der Waals surface area contributed by atoms with Crippen molar-refractivity contribution in [3.63, 3.8) is 0 Å². The highest BCUT2D eigenvalue weighted by Crippen LogP contribution is 2.27. The summed E-state index contributed by atoms with van der Waals surface area (Å²) in [6.45, 7) is 8.00. The van der Waals surface area contributed by atoms with Gasteiger partial charge in [-0.3, -0.25) is 4.99 Å². The maximum Gasteiger partial charge on any atom is 0.154 e. The topological polar surface area (TPSA) is 50.4 Å². The van der Waals surface area contributed by atoms with E-state index in [2.05, 4.69) is 10.4 Å². The number of hydrogen-bond donors (Lipinski definition) is 2. The maximum atomic E-state index is 6.15. The summed E-state index contributed by atoms with van der Waals surface area (Å²) in [5.74, 6) is 6.10. The summed E-state index contributed by atoms with van der Waals surface area (Å²) in [5, 5.41) is 2.72. The van der Waals surface area contributed by atoms with Gasteiger partial charge in [-0.05, 0) is 38.6 Å². The van der Waals surface area contributed by atoms with Crippen LogP contribution in [0.5, 0.6) is 0 Å². The van der Waals surface area contributed by atoms with Gasteiger partial charge in [0.05, 0.1) is 15.4 Å². The maximum absolute atomic E-state index is 6.15. The molecule has 3 nitrogen and oxygen atoms in total. The zero-order chi connectivity index (χ0) is 11.6. The van der Waals surface area contributed by atoms with Crippen molar-refractivity contribution in [3.8, 4) is 0 Å². The summed E-state index contributed by atoms with van der Waals surface area (Å²) < 4.78 is 0. The minimum atomic E-state index is -0.178. The van der Waals surface area contributed by atoms with Gasteiger partial charge >= 0.3 is 0 Å². The number of nitrogens with two attached hydrogens (primary N) is 1. The van der Waals surface area contributed by atoms with E-state index in [4.69, 9.17) is 17.4 Å². The van der Waals surface area contributed by atoms with Crippen molar-refractivity contribution in [1.29, 1.82) is 0 Å². The first-order valence-electron chi connectivity index (χ1n) is 4.65. The van der Waals surface area contributed by atoms with Crippen molar-refractivity contribution in [1.82, 2.24) is 5.43 Å². The van der Waals surface area contributed by atoms with Crippen molar-refractivity contribution in [2.24, 2.45) is 10.8 Å². The van der Waals surface area contributed by atoms with Crippen LogP contribution in [0.4, 0.5) is 0 Å². The molecular formula is C10H16ClN3S. The number of hydrazine groups is 1. The summed E-state index contributed by atoms with van der Waals surface area (Å²) in [6.07, 6.45) is 0. The van der Waals surface area contributed by atoms with Gasteiger partial charge in [0.1, 0.15) is 0 Å². The quantitative estimate of drug-likeness (QED) is 0.346. The SMILES string of the molecule is Cc1csc(C(=NC(C)(C)C)NN)c1Cl. The van der Waals surface area contributed by atoms with E-state index in [1.165, 1.54) is 0 Å². The monoisotopic (exact) mass is 245 g/mol. The molecule has 0 aliphatic heterocycles. The highest BCUT2D eigenvalue weighted by atomic mass is 35.5. The van der Waals surface area contributed by atoms with Gasteiger partial charge in [0.15, 0.2) is 5.84 Å². The molecule has 0 spiro atoms. The van der Waals surface area contributed by atoms with E-state index in [0.717, 1.165) is 15.5 Å². The Morgan fingerprint density at radius 2 is 2.13 bits per heavy atom. The lowest BCUT2D eigenvalue weighted by molar-refractivity contribution is 0.580. The molecule has 0 unspecified atom stereocenters. The first-order chi connectivity index (χ1) is 6.85. The highest BCUT2D eigenvalue weighted by Gasteiger charge is 2.15. The summed E-state index contributed by atoms with van der Waals surface area (Å²) in [4.78, 5) is 5.37. The second-order valence-electron chi connectivity index (χ2n) is 4.34. The van der Waals surface area contributed by atoms with Crippen LogP contribution < -0.4 is 11.3 Å². The van der Waals surface area contributed by atoms with Gasteiger partial charge in [0, 0.05) is 0 Å². The van der Waals surface area contributed by atoms with E-state index in [0.29, 0.717) is 5.84 Å². The molecule has 0 bridgehead atoms. The molecule has 1 aromatic heterocycles. The molecule has 0 aliphatic carbocycles. The van der Waals surface area contributed by atoms with Crippen LogP contribution in [0.15, 0.2) is 10.4 Å². The lowest BCUT2D eigenvalue weighted by Gasteiger charge is -2.15. The number of halogens is 1. The van der Waals surface area contributed by atoms with Gasteiger partial charge in [-0.1, -0.05) is 11.6 Å². The average molecular weight is 246 g/mol. The molecule has 84 valence electrons. The third-order valence-corrected chi connectivity index (χ3v) is 3.40. The highest BCUT2D eigenvalue weighted by molar-refractivity contribution is 7.13. The number of aliphatic imine (C=N–C) groups is 1. The van der Waals surface area contributed by atoms with Gasteiger partial charge in [0.2, 0.25) is 0 Å². The first-order valence-corrected chi connectivity index (χ1v) is 5.91. The van der Waals surface area contributed by atoms with E-state index < -0.39 is 0 Å². The van der Waals surface area contributed by atoms with Crippen LogP contribution >= 0.6 is 22.9 Å². The predicted octanol–water partition coefficient (Wildman–Crippen LogP) is 2.72. The van der Waals surface area contributed by atoms with Crippen LogP contribution in [0.2, 0.25) is 5.02 Å². The van der Waals surface area contributed by atoms with Crippen LogP contribution in [0.1, 0.15) is 31.2 Å². The molecule has 1 aromatic rings. The molecule has 0 atom stereocenters. The summed E-state index contributed by atoms with van der Waals surface area (Å²) in [6, 6.07) is 0. The molecular weight excluding hydrogens is 230 g/mol. The summed E-state index contributed by atoms with van der Waals surface area (Å²) in [7, 11) is 0. The van der Waals surface area contributed by atoms with Crippen LogP contribution in [-0.2, 0) is 0 Å².